The Balaban J connectivity index is 1.61. The van der Waals surface area contributed by atoms with Gasteiger partial charge in [-0.05, 0) is 31.4 Å². The summed E-state index contributed by atoms with van der Waals surface area (Å²) >= 11 is 1.69. The molecule has 1 aliphatic rings. The smallest absolute Gasteiger partial charge is 0.184 e. The molecule has 1 aromatic carbocycles. The summed E-state index contributed by atoms with van der Waals surface area (Å²) < 4.78 is 3.14. The van der Waals surface area contributed by atoms with Crippen LogP contribution in [0.1, 0.15) is 30.1 Å². The molecule has 6 heteroatoms. The molecule has 1 aliphatic carbocycles. The van der Waals surface area contributed by atoms with Crippen LogP contribution in [0.25, 0.3) is 10.2 Å². The van der Waals surface area contributed by atoms with Gasteiger partial charge in [0, 0.05) is 11.3 Å². The zero-order chi connectivity index (χ0) is 14.9. The summed E-state index contributed by atoms with van der Waals surface area (Å²) in [7, 11) is 0. The minimum Gasteiger partial charge on any atom is -0.394 e. The highest BCUT2D eigenvalue weighted by atomic mass is 32.1. The maximum Gasteiger partial charge on any atom is 0.184 e. The number of aromatic nitrogens is 3. The average Bonchev–Trinajstić information content (AvgIpc) is 3.12. The van der Waals surface area contributed by atoms with Crippen LogP contribution in [0.15, 0.2) is 30.5 Å². The van der Waals surface area contributed by atoms with Gasteiger partial charge in [0.05, 0.1) is 35.6 Å². The lowest BCUT2D eigenvalue weighted by molar-refractivity contribution is 0.266. The van der Waals surface area contributed by atoms with Crippen molar-refractivity contribution in [3.8, 4) is 0 Å². The molecule has 0 bridgehead atoms. The van der Waals surface area contributed by atoms with Crippen LogP contribution in [0.3, 0.4) is 0 Å². The minimum absolute atomic E-state index is 0.129. The molecule has 5 nitrogen and oxygen atoms in total. The maximum absolute atomic E-state index is 9.14. The largest absolute Gasteiger partial charge is 0.394 e. The zero-order valence-electron chi connectivity index (χ0n) is 12.2. The molecule has 0 fully saturated rings. The number of thiazole rings is 1. The van der Waals surface area contributed by atoms with E-state index < -0.39 is 0 Å². The molecule has 0 amide bonds. The summed E-state index contributed by atoms with van der Waals surface area (Å²) in [6.07, 6.45) is 5.20. The SMILES string of the molecule is OCCn1ncc2c1CCCC2Nc1nc2ccccc2s1. The molecule has 1 unspecified atom stereocenters. The van der Waals surface area contributed by atoms with Crippen LogP contribution in [-0.4, -0.2) is 26.5 Å². The standard InChI is InChI=1S/C16H18N4OS/c21-9-8-20-14-6-3-5-12(11(14)10-17-20)18-16-19-13-4-1-2-7-15(13)22-16/h1-2,4,7,10,12,21H,3,5-6,8-9H2,(H,18,19). The Labute approximate surface area is 132 Å². The van der Waals surface area contributed by atoms with E-state index in [1.807, 2.05) is 29.1 Å². The predicted octanol–water partition coefficient (Wildman–Crippen LogP) is 2.97. The molecular weight excluding hydrogens is 296 g/mol. The third kappa shape index (κ3) is 2.38. The zero-order valence-corrected chi connectivity index (χ0v) is 13.0. The van der Waals surface area contributed by atoms with Gasteiger partial charge in [0.2, 0.25) is 0 Å². The van der Waals surface area contributed by atoms with E-state index in [2.05, 4.69) is 21.5 Å². The number of aliphatic hydroxyl groups is 1. The van der Waals surface area contributed by atoms with E-state index in [0.717, 1.165) is 29.9 Å². The number of nitrogens with one attached hydrogen (secondary N) is 1. The van der Waals surface area contributed by atoms with Crippen molar-refractivity contribution in [2.45, 2.75) is 31.8 Å². The third-order valence-corrected chi connectivity index (χ3v) is 5.13. The van der Waals surface area contributed by atoms with Crippen molar-refractivity contribution < 1.29 is 5.11 Å². The lowest BCUT2D eigenvalue weighted by Crippen LogP contribution is -2.19. The fourth-order valence-electron chi connectivity index (χ4n) is 3.14. The van der Waals surface area contributed by atoms with Gasteiger partial charge in [-0.2, -0.15) is 5.10 Å². The lowest BCUT2D eigenvalue weighted by atomic mass is 9.93. The quantitative estimate of drug-likeness (QED) is 0.777. The van der Waals surface area contributed by atoms with Gasteiger partial charge in [-0.1, -0.05) is 23.5 Å². The normalized spacial score (nSPS) is 17.6. The van der Waals surface area contributed by atoms with Crippen LogP contribution >= 0.6 is 11.3 Å². The number of para-hydroxylation sites is 1. The number of hydrogen-bond acceptors (Lipinski definition) is 5. The highest BCUT2D eigenvalue weighted by molar-refractivity contribution is 7.22. The summed E-state index contributed by atoms with van der Waals surface area (Å²) in [4.78, 5) is 4.66. The van der Waals surface area contributed by atoms with Gasteiger partial charge in [-0.3, -0.25) is 4.68 Å². The van der Waals surface area contributed by atoms with Gasteiger partial charge < -0.3 is 10.4 Å². The van der Waals surface area contributed by atoms with Crippen molar-refractivity contribution in [2.75, 3.05) is 11.9 Å². The Hall–Kier alpha value is -1.92. The first-order valence-electron chi connectivity index (χ1n) is 7.62. The van der Waals surface area contributed by atoms with Crippen molar-refractivity contribution in [1.82, 2.24) is 14.8 Å². The van der Waals surface area contributed by atoms with Crippen LogP contribution in [0, 0.1) is 0 Å². The van der Waals surface area contributed by atoms with Crippen molar-refractivity contribution in [1.29, 1.82) is 0 Å². The summed E-state index contributed by atoms with van der Waals surface area (Å²) in [5.74, 6) is 0. The molecule has 0 spiro atoms. The average molecular weight is 314 g/mol. The number of rotatable bonds is 4. The minimum atomic E-state index is 0.129. The van der Waals surface area contributed by atoms with E-state index in [9.17, 15) is 0 Å². The number of nitrogens with zero attached hydrogens (tertiary/aromatic N) is 3. The van der Waals surface area contributed by atoms with Gasteiger partial charge in [0.1, 0.15) is 0 Å². The highest BCUT2D eigenvalue weighted by Crippen LogP contribution is 2.34. The van der Waals surface area contributed by atoms with Crippen molar-refractivity contribution in [2.24, 2.45) is 0 Å². The van der Waals surface area contributed by atoms with Crippen molar-refractivity contribution in [3.63, 3.8) is 0 Å². The molecule has 22 heavy (non-hydrogen) atoms. The first-order chi connectivity index (χ1) is 10.8. The molecule has 0 radical (unpaired) electrons. The lowest BCUT2D eigenvalue weighted by Gasteiger charge is -2.23. The molecule has 0 saturated heterocycles. The fourth-order valence-corrected chi connectivity index (χ4v) is 4.06. The maximum atomic E-state index is 9.14. The summed E-state index contributed by atoms with van der Waals surface area (Å²) in [6.45, 7) is 0.702. The van der Waals surface area contributed by atoms with E-state index in [1.165, 1.54) is 16.0 Å². The van der Waals surface area contributed by atoms with Gasteiger partial charge in [-0.25, -0.2) is 4.98 Å². The Morgan fingerprint density at radius 1 is 1.36 bits per heavy atom. The first-order valence-corrected chi connectivity index (χ1v) is 8.44. The Morgan fingerprint density at radius 2 is 2.27 bits per heavy atom. The van der Waals surface area contributed by atoms with Crippen LogP contribution < -0.4 is 5.32 Å². The number of benzene rings is 1. The first kappa shape index (κ1) is 13.7. The molecule has 114 valence electrons. The molecule has 2 aromatic heterocycles. The molecule has 3 aromatic rings. The van der Waals surface area contributed by atoms with E-state index in [4.69, 9.17) is 5.11 Å². The van der Waals surface area contributed by atoms with Crippen molar-refractivity contribution in [3.05, 3.63) is 41.7 Å². The fraction of sp³-hybridized carbons (Fsp3) is 0.375. The third-order valence-electron chi connectivity index (χ3n) is 4.17. The topological polar surface area (TPSA) is 63.0 Å². The van der Waals surface area contributed by atoms with Gasteiger partial charge in [0.25, 0.3) is 0 Å². The monoisotopic (exact) mass is 314 g/mol. The van der Waals surface area contributed by atoms with Gasteiger partial charge >= 0.3 is 0 Å². The summed E-state index contributed by atoms with van der Waals surface area (Å²) in [5.41, 5.74) is 3.54. The second kappa shape index (κ2) is 5.70. The predicted molar refractivity (Wildman–Crippen MR) is 88.2 cm³/mol. The Morgan fingerprint density at radius 3 is 3.14 bits per heavy atom. The van der Waals surface area contributed by atoms with E-state index in [-0.39, 0.29) is 12.6 Å². The molecule has 0 aliphatic heterocycles. The van der Waals surface area contributed by atoms with Crippen LogP contribution in [0.5, 0.6) is 0 Å². The summed E-state index contributed by atoms with van der Waals surface area (Å²) in [6, 6.07) is 8.47. The van der Waals surface area contributed by atoms with Crippen LogP contribution in [0.2, 0.25) is 0 Å². The molecule has 2 heterocycles. The van der Waals surface area contributed by atoms with Crippen LogP contribution in [0.4, 0.5) is 5.13 Å². The van der Waals surface area contributed by atoms with E-state index in [1.54, 1.807) is 11.3 Å². The van der Waals surface area contributed by atoms with Gasteiger partial charge in [-0.15, -0.1) is 0 Å². The summed E-state index contributed by atoms with van der Waals surface area (Å²) in [5, 5.41) is 18.1. The van der Waals surface area contributed by atoms with Crippen molar-refractivity contribution >= 4 is 26.7 Å². The highest BCUT2D eigenvalue weighted by Gasteiger charge is 2.24. The number of anilines is 1. The Bertz CT molecular complexity index is 761. The molecule has 2 N–H and O–H groups in total. The number of hydrogen-bond donors (Lipinski definition) is 2. The van der Waals surface area contributed by atoms with E-state index in [0.29, 0.717) is 6.54 Å². The van der Waals surface area contributed by atoms with E-state index >= 15 is 0 Å². The van der Waals surface area contributed by atoms with Crippen LogP contribution in [-0.2, 0) is 13.0 Å². The molecule has 0 saturated carbocycles. The second-order valence-electron chi connectivity index (χ2n) is 5.57. The molecule has 1 atom stereocenters. The number of fused-ring (bicyclic) bond motifs is 2. The Kier molecular flexibility index (Phi) is 3.56. The molecular formula is C16H18N4OS. The second-order valence-corrected chi connectivity index (χ2v) is 6.60. The molecule has 4 rings (SSSR count). The number of aliphatic hydroxyl groups excluding tert-OH is 1. The van der Waals surface area contributed by atoms with Gasteiger partial charge in [0.15, 0.2) is 5.13 Å².